The van der Waals surface area contributed by atoms with E-state index in [0.29, 0.717) is 23.0 Å². The lowest BCUT2D eigenvalue weighted by Gasteiger charge is -2.37. The predicted molar refractivity (Wildman–Crippen MR) is 117 cm³/mol. The summed E-state index contributed by atoms with van der Waals surface area (Å²) < 4.78 is 13.2. The van der Waals surface area contributed by atoms with Gasteiger partial charge in [-0.1, -0.05) is 20.3 Å². The van der Waals surface area contributed by atoms with E-state index in [1.807, 2.05) is 12.1 Å². The Kier molecular flexibility index (Phi) is 5.86. The molecule has 0 fully saturated rings. The highest BCUT2D eigenvalue weighted by molar-refractivity contribution is 6.10. The third-order valence-electron chi connectivity index (χ3n) is 6.26. The van der Waals surface area contributed by atoms with Crippen LogP contribution in [0.4, 0.5) is 4.39 Å². The van der Waals surface area contributed by atoms with Crippen LogP contribution in [0.15, 0.2) is 42.5 Å². The summed E-state index contributed by atoms with van der Waals surface area (Å²) in [5, 5.41) is 0.997. The van der Waals surface area contributed by atoms with Crippen molar-refractivity contribution in [2.75, 3.05) is 0 Å². The zero-order valence-electron chi connectivity index (χ0n) is 16.7. The van der Waals surface area contributed by atoms with E-state index in [1.165, 1.54) is 24.3 Å². The first-order valence-corrected chi connectivity index (χ1v) is 9.83. The first-order valence-electron chi connectivity index (χ1n) is 9.83. The maximum atomic E-state index is 13.2. The van der Waals surface area contributed by atoms with Crippen LogP contribution in [0, 0.1) is 17.7 Å². The van der Waals surface area contributed by atoms with Gasteiger partial charge in [0.05, 0.1) is 5.69 Å². The average molecular weight is 416 g/mol. The summed E-state index contributed by atoms with van der Waals surface area (Å²) in [6.45, 7) is 4.42. The van der Waals surface area contributed by atoms with E-state index in [9.17, 15) is 9.18 Å². The highest BCUT2D eigenvalue weighted by Gasteiger charge is 2.38. The number of hydrogen-bond donors (Lipinski definition) is 3. The zero-order valence-corrected chi connectivity index (χ0v) is 17.5. The lowest BCUT2D eigenvalue weighted by Crippen LogP contribution is -2.51. The number of ketones is 1. The summed E-state index contributed by atoms with van der Waals surface area (Å²) in [4.78, 5) is 16.2. The van der Waals surface area contributed by atoms with Crippen molar-refractivity contribution in [2.45, 2.75) is 38.8 Å². The molecule has 6 heteroatoms. The van der Waals surface area contributed by atoms with E-state index < -0.39 is 5.66 Å². The maximum absolute atomic E-state index is 13.2. The third-order valence-corrected chi connectivity index (χ3v) is 6.26. The van der Waals surface area contributed by atoms with Gasteiger partial charge in [-0.15, -0.1) is 12.4 Å². The second-order valence-corrected chi connectivity index (χ2v) is 8.17. The Hall–Kier alpha value is -2.21. The number of benzene rings is 2. The van der Waals surface area contributed by atoms with Crippen molar-refractivity contribution < 1.29 is 9.18 Å². The molecular formula is C23H27ClFN3O. The number of aromatic amines is 1. The minimum Gasteiger partial charge on any atom is -0.356 e. The van der Waals surface area contributed by atoms with Crippen LogP contribution >= 0.6 is 12.4 Å². The van der Waals surface area contributed by atoms with Crippen LogP contribution < -0.4 is 11.5 Å². The fourth-order valence-electron chi connectivity index (χ4n) is 4.37. The number of carbonyl (C=O) groups excluding carboxylic acids is 1. The first kappa shape index (κ1) is 21.5. The number of rotatable bonds is 4. The largest absolute Gasteiger partial charge is 0.356 e. The van der Waals surface area contributed by atoms with E-state index in [1.54, 1.807) is 6.07 Å². The molecular weight excluding hydrogens is 389 g/mol. The molecule has 29 heavy (non-hydrogen) atoms. The summed E-state index contributed by atoms with van der Waals surface area (Å²) in [5.74, 6) is 0.444. The Bertz CT molecular complexity index is 1040. The minimum absolute atomic E-state index is 0. The van der Waals surface area contributed by atoms with Crippen LogP contribution in [0.3, 0.4) is 0 Å². The number of nitrogens with two attached hydrogens (primary N) is 2. The van der Waals surface area contributed by atoms with Gasteiger partial charge in [0.2, 0.25) is 0 Å². The monoisotopic (exact) mass is 415 g/mol. The van der Waals surface area contributed by atoms with Crippen LogP contribution in [-0.4, -0.2) is 10.8 Å². The number of halogens is 2. The van der Waals surface area contributed by atoms with Gasteiger partial charge in [0, 0.05) is 22.0 Å². The van der Waals surface area contributed by atoms with Crippen molar-refractivity contribution in [3.63, 3.8) is 0 Å². The molecule has 0 amide bonds. The number of carbonyl (C=O) groups is 1. The summed E-state index contributed by atoms with van der Waals surface area (Å²) in [5.41, 5.74) is 16.0. The Labute approximate surface area is 176 Å². The number of fused-ring (bicyclic) bond motifs is 3. The molecule has 1 heterocycles. The van der Waals surface area contributed by atoms with Crippen molar-refractivity contribution in [2.24, 2.45) is 23.3 Å². The molecule has 0 aliphatic heterocycles. The average Bonchev–Trinajstić information content (AvgIpc) is 3.06. The van der Waals surface area contributed by atoms with Gasteiger partial charge >= 0.3 is 0 Å². The summed E-state index contributed by atoms with van der Waals surface area (Å²) >= 11 is 0. The molecule has 1 aromatic heterocycles. The van der Waals surface area contributed by atoms with Crippen molar-refractivity contribution in [1.29, 1.82) is 0 Å². The van der Waals surface area contributed by atoms with Gasteiger partial charge in [0.1, 0.15) is 11.5 Å². The second kappa shape index (κ2) is 7.90. The Morgan fingerprint density at radius 3 is 2.52 bits per heavy atom. The predicted octanol–water partition coefficient (Wildman–Crippen LogP) is 4.64. The Morgan fingerprint density at radius 2 is 1.86 bits per heavy atom. The van der Waals surface area contributed by atoms with E-state index >= 15 is 0 Å². The van der Waals surface area contributed by atoms with E-state index in [4.69, 9.17) is 11.5 Å². The van der Waals surface area contributed by atoms with Crippen molar-refractivity contribution in [3.05, 3.63) is 70.7 Å². The highest BCUT2D eigenvalue weighted by Crippen LogP contribution is 2.40. The molecule has 2 unspecified atom stereocenters. The summed E-state index contributed by atoms with van der Waals surface area (Å²) in [7, 11) is 0. The van der Waals surface area contributed by atoms with Gasteiger partial charge in [-0.05, 0) is 72.7 Å². The first-order chi connectivity index (χ1) is 13.3. The number of H-pyrrole nitrogens is 1. The van der Waals surface area contributed by atoms with Crippen LogP contribution in [-0.2, 0) is 12.1 Å². The van der Waals surface area contributed by atoms with E-state index in [0.717, 1.165) is 41.4 Å². The smallest absolute Gasteiger partial charge is 0.193 e. The molecule has 4 rings (SSSR count). The lowest BCUT2D eigenvalue weighted by molar-refractivity contribution is 0.103. The molecule has 0 radical (unpaired) electrons. The molecule has 4 nitrogen and oxygen atoms in total. The maximum Gasteiger partial charge on any atom is 0.193 e. The quantitative estimate of drug-likeness (QED) is 0.428. The van der Waals surface area contributed by atoms with Gasteiger partial charge < -0.3 is 16.5 Å². The molecule has 154 valence electrons. The topological polar surface area (TPSA) is 84.9 Å². The molecule has 0 saturated carbocycles. The van der Waals surface area contributed by atoms with Crippen LogP contribution in [0.1, 0.15) is 53.9 Å². The highest BCUT2D eigenvalue weighted by atomic mass is 35.5. The molecule has 1 aliphatic carbocycles. The fraction of sp³-hybridized carbons (Fsp3) is 0.348. The normalized spacial score (nSPS) is 18.7. The molecule has 5 N–H and O–H groups in total. The Morgan fingerprint density at radius 1 is 1.21 bits per heavy atom. The van der Waals surface area contributed by atoms with Crippen LogP contribution in [0.2, 0.25) is 0 Å². The number of aromatic nitrogens is 1. The fourth-order valence-corrected chi connectivity index (χ4v) is 4.37. The van der Waals surface area contributed by atoms with Gasteiger partial charge in [0.15, 0.2) is 5.78 Å². The number of nitrogens with one attached hydrogen (secondary N) is 1. The SMILES string of the molecule is CCC(C)C1Cc2c([nH]c3ccc(C(=O)c4ccc(F)cc4)cc23)C(N)(N)C1.Cl. The minimum atomic E-state index is -0.901. The standard InChI is InChI=1S/C23H26FN3O.ClH/c1-3-13(2)16-11-19-18-10-15(21(28)14-4-7-17(24)8-5-14)6-9-20(18)27-22(19)23(25,26)12-16;/h4-10,13,16,27H,3,11-12,25-26H2,1-2H3;1H. The second-order valence-electron chi connectivity index (χ2n) is 8.17. The van der Waals surface area contributed by atoms with Gasteiger partial charge in [-0.3, -0.25) is 4.79 Å². The van der Waals surface area contributed by atoms with Gasteiger partial charge in [0.25, 0.3) is 0 Å². The third kappa shape index (κ3) is 3.82. The molecule has 0 bridgehead atoms. The molecule has 0 saturated heterocycles. The molecule has 2 aromatic carbocycles. The summed E-state index contributed by atoms with van der Waals surface area (Å²) in [6.07, 6.45) is 2.71. The van der Waals surface area contributed by atoms with E-state index in [-0.39, 0.29) is 24.0 Å². The van der Waals surface area contributed by atoms with Gasteiger partial charge in [-0.25, -0.2) is 4.39 Å². The molecule has 0 spiro atoms. The molecule has 2 atom stereocenters. The van der Waals surface area contributed by atoms with Crippen LogP contribution in [0.5, 0.6) is 0 Å². The van der Waals surface area contributed by atoms with Crippen molar-refractivity contribution in [1.82, 2.24) is 4.98 Å². The van der Waals surface area contributed by atoms with Crippen molar-refractivity contribution in [3.8, 4) is 0 Å². The van der Waals surface area contributed by atoms with Gasteiger partial charge in [-0.2, -0.15) is 0 Å². The van der Waals surface area contributed by atoms with Crippen LogP contribution in [0.25, 0.3) is 10.9 Å². The Balaban J connectivity index is 0.00000240. The van der Waals surface area contributed by atoms with Crippen molar-refractivity contribution >= 4 is 29.1 Å². The number of hydrogen-bond acceptors (Lipinski definition) is 3. The zero-order chi connectivity index (χ0) is 20.1. The van der Waals surface area contributed by atoms with E-state index in [2.05, 4.69) is 18.8 Å². The molecule has 3 aromatic rings. The summed E-state index contributed by atoms with van der Waals surface area (Å²) in [6, 6.07) is 11.2. The molecule has 1 aliphatic rings. The lowest BCUT2D eigenvalue weighted by atomic mass is 9.74.